The number of nitrogens with zero attached hydrogens (tertiary/aromatic N) is 2. The van der Waals surface area contributed by atoms with Crippen LogP contribution in [0.3, 0.4) is 0 Å². The van der Waals surface area contributed by atoms with E-state index in [0.29, 0.717) is 30.1 Å². The monoisotopic (exact) mass is 394 g/mol. The number of hydrogen-bond donors (Lipinski definition) is 2. The Morgan fingerprint density at radius 1 is 0.929 bits per heavy atom. The molecule has 6 nitrogen and oxygen atoms in total. The van der Waals surface area contributed by atoms with Crippen LogP contribution in [0.15, 0.2) is 67.1 Å². The Labute approximate surface area is 168 Å². The Morgan fingerprint density at radius 2 is 1.75 bits per heavy atom. The highest BCUT2D eigenvalue weighted by molar-refractivity contribution is 6.30. The van der Waals surface area contributed by atoms with E-state index in [-0.39, 0.29) is 17.5 Å². The van der Waals surface area contributed by atoms with E-state index in [1.807, 2.05) is 30.3 Å². The number of rotatable bonds is 7. The van der Waals surface area contributed by atoms with Crippen molar-refractivity contribution >= 4 is 23.4 Å². The van der Waals surface area contributed by atoms with Crippen LogP contribution in [0, 0.1) is 0 Å². The van der Waals surface area contributed by atoms with Gasteiger partial charge >= 0.3 is 0 Å². The molecule has 0 aliphatic rings. The van der Waals surface area contributed by atoms with Crippen molar-refractivity contribution < 1.29 is 9.59 Å². The number of halogens is 1. The van der Waals surface area contributed by atoms with Crippen molar-refractivity contribution in [2.75, 3.05) is 6.54 Å². The molecule has 0 atom stereocenters. The minimum Gasteiger partial charge on any atom is -0.352 e. The van der Waals surface area contributed by atoms with E-state index < -0.39 is 0 Å². The molecule has 0 unspecified atom stereocenters. The van der Waals surface area contributed by atoms with Crippen LogP contribution in [0.2, 0.25) is 5.02 Å². The molecule has 1 aromatic carbocycles. The summed E-state index contributed by atoms with van der Waals surface area (Å²) in [5.41, 5.74) is 2.54. The number of aromatic nitrogens is 2. The molecular formula is C21H19ClN4O2. The van der Waals surface area contributed by atoms with Crippen molar-refractivity contribution in [2.24, 2.45) is 0 Å². The van der Waals surface area contributed by atoms with Gasteiger partial charge in [0.1, 0.15) is 5.69 Å². The zero-order valence-electron chi connectivity index (χ0n) is 15.1. The normalized spacial score (nSPS) is 10.3. The van der Waals surface area contributed by atoms with Crippen LogP contribution in [-0.2, 0) is 13.0 Å². The van der Waals surface area contributed by atoms with Crippen LogP contribution in [0.5, 0.6) is 0 Å². The van der Waals surface area contributed by atoms with Crippen molar-refractivity contribution in [3.8, 4) is 0 Å². The molecule has 2 amide bonds. The largest absolute Gasteiger partial charge is 0.352 e. The van der Waals surface area contributed by atoms with Gasteiger partial charge in [0.2, 0.25) is 0 Å². The first-order chi connectivity index (χ1) is 13.6. The van der Waals surface area contributed by atoms with Gasteiger partial charge in [-0.25, -0.2) is 0 Å². The van der Waals surface area contributed by atoms with Crippen LogP contribution in [-0.4, -0.2) is 28.3 Å². The van der Waals surface area contributed by atoms with Crippen LogP contribution >= 0.6 is 11.6 Å². The first kappa shape index (κ1) is 19.5. The van der Waals surface area contributed by atoms with Crippen molar-refractivity contribution in [2.45, 2.75) is 13.0 Å². The Bertz CT molecular complexity index is 946. The summed E-state index contributed by atoms with van der Waals surface area (Å²) >= 11 is 5.86. The Hall–Kier alpha value is -3.25. The van der Waals surface area contributed by atoms with Gasteiger partial charge in [0.15, 0.2) is 0 Å². The molecule has 0 saturated heterocycles. The van der Waals surface area contributed by atoms with Crippen LogP contribution in [0.4, 0.5) is 0 Å². The highest BCUT2D eigenvalue weighted by Gasteiger charge is 2.11. The molecule has 142 valence electrons. The van der Waals surface area contributed by atoms with Gasteiger partial charge in [-0.3, -0.25) is 19.6 Å². The number of nitrogens with one attached hydrogen (secondary N) is 2. The summed E-state index contributed by atoms with van der Waals surface area (Å²) < 4.78 is 0. The van der Waals surface area contributed by atoms with Crippen LogP contribution in [0.1, 0.15) is 32.0 Å². The SMILES string of the molecule is O=C(NCCc1ccc(Cl)cc1)c1ccnc(C(=O)NCc2cccnc2)c1. The highest BCUT2D eigenvalue weighted by Crippen LogP contribution is 2.10. The summed E-state index contributed by atoms with van der Waals surface area (Å²) in [4.78, 5) is 32.7. The standard InChI is InChI=1S/C21H19ClN4O2/c22-18-5-3-15(4-6-18)7-10-25-20(27)17-8-11-24-19(12-17)21(28)26-14-16-2-1-9-23-13-16/h1-6,8-9,11-13H,7,10,14H2,(H,25,27)(H,26,28). The van der Waals surface area contributed by atoms with E-state index in [1.165, 1.54) is 12.3 Å². The topological polar surface area (TPSA) is 84.0 Å². The van der Waals surface area contributed by atoms with Gasteiger partial charge in [-0.1, -0.05) is 29.8 Å². The van der Waals surface area contributed by atoms with Gasteiger partial charge in [0.05, 0.1) is 0 Å². The number of carbonyl (C=O) groups is 2. The average molecular weight is 395 g/mol. The predicted molar refractivity (Wildman–Crippen MR) is 107 cm³/mol. The van der Waals surface area contributed by atoms with Gasteiger partial charge in [-0.2, -0.15) is 0 Å². The molecule has 2 aromatic heterocycles. The van der Waals surface area contributed by atoms with Gasteiger partial charge < -0.3 is 10.6 Å². The second-order valence-electron chi connectivity index (χ2n) is 6.11. The molecule has 0 bridgehead atoms. The van der Waals surface area contributed by atoms with E-state index >= 15 is 0 Å². The van der Waals surface area contributed by atoms with Crippen molar-refractivity contribution in [1.82, 2.24) is 20.6 Å². The zero-order chi connectivity index (χ0) is 19.8. The zero-order valence-corrected chi connectivity index (χ0v) is 15.8. The summed E-state index contributed by atoms with van der Waals surface area (Å²) in [6.45, 7) is 0.817. The lowest BCUT2D eigenvalue weighted by molar-refractivity contribution is 0.0946. The maximum absolute atomic E-state index is 12.3. The summed E-state index contributed by atoms with van der Waals surface area (Å²) in [6.07, 6.45) is 5.49. The van der Waals surface area contributed by atoms with Crippen molar-refractivity contribution in [3.05, 3.63) is 94.5 Å². The molecule has 3 rings (SSSR count). The lowest BCUT2D eigenvalue weighted by Crippen LogP contribution is -2.27. The maximum atomic E-state index is 12.3. The first-order valence-electron chi connectivity index (χ1n) is 8.77. The number of amides is 2. The number of carbonyl (C=O) groups excluding carboxylic acids is 2. The number of benzene rings is 1. The van der Waals surface area contributed by atoms with Crippen molar-refractivity contribution in [3.63, 3.8) is 0 Å². The molecule has 0 saturated carbocycles. The number of hydrogen-bond acceptors (Lipinski definition) is 4. The minimum absolute atomic E-state index is 0.189. The fourth-order valence-corrected chi connectivity index (χ4v) is 2.67. The molecule has 2 heterocycles. The molecule has 0 fully saturated rings. The minimum atomic E-state index is -0.348. The molecule has 7 heteroatoms. The number of pyridine rings is 2. The maximum Gasteiger partial charge on any atom is 0.270 e. The van der Waals surface area contributed by atoms with Crippen LogP contribution in [0.25, 0.3) is 0 Å². The fourth-order valence-electron chi connectivity index (χ4n) is 2.55. The molecule has 0 aliphatic heterocycles. The van der Waals surface area contributed by atoms with Crippen LogP contribution < -0.4 is 10.6 Å². The summed E-state index contributed by atoms with van der Waals surface area (Å²) in [5, 5.41) is 6.29. The summed E-state index contributed by atoms with van der Waals surface area (Å²) in [5.74, 6) is -0.600. The molecule has 3 aromatic rings. The Balaban J connectivity index is 1.53. The predicted octanol–water partition coefficient (Wildman–Crippen LogP) is 3.03. The lowest BCUT2D eigenvalue weighted by Gasteiger charge is -2.08. The van der Waals surface area contributed by atoms with Crippen molar-refractivity contribution in [1.29, 1.82) is 0 Å². The van der Waals surface area contributed by atoms with E-state index in [1.54, 1.807) is 24.5 Å². The average Bonchev–Trinajstić information content (AvgIpc) is 2.74. The smallest absolute Gasteiger partial charge is 0.270 e. The van der Waals surface area contributed by atoms with E-state index in [2.05, 4.69) is 20.6 Å². The quantitative estimate of drug-likeness (QED) is 0.645. The second-order valence-corrected chi connectivity index (χ2v) is 6.54. The third kappa shape index (κ3) is 5.62. The highest BCUT2D eigenvalue weighted by atomic mass is 35.5. The molecule has 2 N–H and O–H groups in total. The third-order valence-corrected chi connectivity index (χ3v) is 4.30. The molecule has 0 spiro atoms. The van der Waals surface area contributed by atoms with E-state index in [4.69, 9.17) is 11.6 Å². The Kier molecular flexibility index (Phi) is 6.70. The van der Waals surface area contributed by atoms with E-state index in [9.17, 15) is 9.59 Å². The molecule has 28 heavy (non-hydrogen) atoms. The summed E-state index contributed by atoms with van der Waals surface area (Å²) in [6, 6.07) is 14.2. The molecular weight excluding hydrogens is 376 g/mol. The fraction of sp³-hybridized carbons (Fsp3) is 0.143. The van der Waals surface area contributed by atoms with Gasteiger partial charge in [0, 0.05) is 42.3 Å². The molecule has 0 radical (unpaired) electrons. The van der Waals surface area contributed by atoms with Gasteiger partial charge in [0.25, 0.3) is 11.8 Å². The van der Waals surface area contributed by atoms with Gasteiger partial charge in [-0.15, -0.1) is 0 Å². The second kappa shape index (κ2) is 9.62. The summed E-state index contributed by atoms with van der Waals surface area (Å²) in [7, 11) is 0. The third-order valence-electron chi connectivity index (χ3n) is 4.04. The lowest BCUT2D eigenvalue weighted by atomic mass is 10.1. The Morgan fingerprint density at radius 3 is 2.50 bits per heavy atom. The van der Waals surface area contributed by atoms with Gasteiger partial charge in [-0.05, 0) is 47.9 Å². The molecule has 0 aliphatic carbocycles. The van der Waals surface area contributed by atoms with E-state index in [0.717, 1.165) is 11.1 Å². The first-order valence-corrected chi connectivity index (χ1v) is 9.15.